The van der Waals surface area contributed by atoms with Crippen LogP contribution in [0.1, 0.15) is 27.2 Å². The highest BCUT2D eigenvalue weighted by Crippen LogP contribution is 2.15. The van der Waals surface area contributed by atoms with Crippen molar-refractivity contribution < 1.29 is 14.7 Å². The number of amides is 1. The van der Waals surface area contributed by atoms with Crippen molar-refractivity contribution in [2.75, 3.05) is 13.7 Å². The SMILES string of the molecule is COCCC(C)NC(=O)C(C)(C)C(N)=NO. The quantitative estimate of drug-likeness (QED) is 0.265. The minimum absolute atomic E-state index is 0.0155. The Hall–Kier alpha value is -1.30. The molecule has 0 heterocycles. The number of hydrogen-bond acceptors (Lipinski definition) is 4. The van der Waals surface area contributed by atoms with Gasteiger partial charge in [-0.25, -0.2) is 0 Å². The van der Waals surface area contributed by atoms with Gasteiger partial charge in [-0.15, -0.1) is 0 Å². The van der Waals surface area contributed by atoms with Gasteiger partial charge in [0.05, 0.1) is 0 Å². The smallest absolute Gasteiger partial charge is 0.233 e. The van der Waals surface area contributed by atoms with E-state index in [4.69, 9.17) is 15.7 Å². The molecule has 1 amide bonds. The van der Waals surface area contributed by atoms with Crippen LogP contribution in [0.25, 0.3) is 0 Å². The lowest BCUT2D eigenvalue weighted by molar-refractivity contribution is -0.127. The summed E-state index contributed by atoms with van der Waals surface area (Å²) in [4.78, 5) is 11.8. The van der Waals surface area contributed by atoms with E-state index in [0.29, 0.717) is 13.0 Å². The van der Waals surface area contributed by atoms with E-state index in [2.05, 4.69) is 10.5 Å². The zero-order valence-corrected chi connectivity index (χ0v) is 10.3. The van der Waals surface area contributed by atoms with Crippen LogP contribution in [-0.2, 0) is 9.53 Å². The van der Waals surface area contributed by atoms with E-state index in [1.54, 1.807) is 21.0 Å². The topological polar surface area (TPSA) is 96.9 Å². The van der Waals surface area contributed by atoms with Crippen LogP contribution in [0.5, 0.6) is 0 Å². The van der Waals surface area contributed by atoms with Crippen LogP contribution < -0.4 is 11.1 Å². The minimum Gasteiger partial charge on any atom is -0.409 e. The number of nitrogens with zero attached hydrogens (tertiary/aromatic N) is 1. The fourth-order valence-corrected chi connectivity index (χ4v) is 1.01. The van der Waals surface area contributed by atoms with Gasteiger partial charge in [-0.3, -0.25) is 4.79 Å². The van der Waals surface area contributed by atoms with Crippen LogP contribution in [-0.4, -0.2) is 36.7 Å². The second-order valence-corrected chi connectivity index (χ2v) is 4.27. The van der Waals surface area contributed by atoms with E-state index >= 15 is 0 Å². The minimum atomic E-state index is -1.02. The summed E-state index contributed by atoms with van der Waals surface area (Å²) in [5.74, 6) is -0.379. The maximum Gasteiger partial charge on any atom is 0.233 e. The zero-order valence-electron chi connectivity index (χ0n) is 10.3. The van der Waals surface area contributed by atoms with Crippen molar-refractivity contribution in [2.45, 2.75) is 33.2 Å². The van der Waals surface area contributed by atoms with Crippen molar-refractivity contribution in [3.05, 3.63) is 0 Å². The maximum absolute atomic E-state index is 11.8. The fourth-order valence-electron chi connectivity index (χ4n) is 1.01. The van der Waals surface area contributed by atoms with Gasteiger partial charge in [0, 0.05) is 19.8 Å². The molecule has 0 aromatic heterocycles. The summed E-state index contributed by atoms with van der Waals surface area (Å²) in [5, 5.41) is 14.2. The number of amidine groups is 1. The predicted molar refractivity (Wildman–Crippen MR) is 61.3 cm³/mol. The van der Waals surface area contributed by atoms with Crippen LogP contribution in [0, 0.1) is 5.41 Å². The van der Waals surface area contributed by atoms with E-state index < -0.39 is 5.41 Å². The van der Waals surface area contributed by atoms with Gasteiger partial charge < -0.3 is 21.0 Å². The Balaban J connectivity index is 4.35. The third-order valence-electron chi connectivity index (χ3n) is 2.45. The van der Waals surface area contributed by atoms with Crippen LogP contribution in [0.3, 0.4) is 0 Å². The summed E-state index contributed by atoms with van der Waals surface area (Å²) in [5.41, 5.74) is 4.42. The largest absolute Gasteiger partial charge is 0.409 e. The summed E-state index contributed by atoms with van der Waals surface area (Å²) in [6, 6.07) is -0.0155. The monoisotopic (exact) mass is 231 g/mol. The van der Waals surface area contributed by atoms with Gasteiger partial charge >= 0.3 is 0 Å². The average molecular weight is 231 g/mol. The molecule has 16 heavy (non-hydrogen) atoms. The van der Waals surface area contributed by atoms with Gasteiger partial charge in [0.15, 0.2) is 5.84 Å². The Morgan fingerprint density at radius 3 is 2.62 bits per heavy atom. The number of nitrogens with one attached hydrogen (secondary N) is 1. The molecule has 0 saturated carbocycles. The van der Waals surface area contributed by atoms with Crippen molar-refractivity contribution in [3.63, 3.8) is 0 Å². The number of rotatable bonds is 6. The summed E-state index contributed by atoms with van der Waals surface area (Å²) in [7, 11) is 1.61. The molecule has 0 aromatic carbocycles. The molecule has 0 fully saturated rings. The molecule has 0 aromatic rings. The van der Waals surface area contributed by atoms with Crippen LogP contribution in [0.15, 0.2) is 5.16 Å². The normalized spacial score (nSPS) is 14.6. The highest BCUT2D eigenvalue weighted by Gasteiger charge is 2.33. The molecular formula is C10H21N3O3. The van der Waals surface area contributed by atoms with Gasteiger partial charge in [-0.1, -0.05) is 5.16 Å². The second-order valence-electron chi connectivity index (χ2n) is 4.27. The van der Waals surface area contributed by atoms with Gasteiger partial charge in [0.25, 0.3) is 0 Å². The third kappa shape index (κ3) is 4.06. The number of nitrogens with two attached hydrogens (primary N) is 1. The molecule has 6 heteroatoms. The molecule has 0 radical (unpaired) electrons. The van der Waals surface area contributed by atoms with E-state index in [0.717, 1.165) is 0 Å². The second kappa shape index (κ2) is 6.32. The Morgan fingerprint density at radius 1 is 1.62 bits per heavy atom. The van der Waals surface area contributed by atoms with E-state index in [1.807, 2.05) is 6.92 Å². The highest BCUT2D eigenvalue weighted by atomic mass is 16.5. The molecule has 1 unspecified atom stereocenters. The molecule has 6 nitrogen and oxygen atoms in total. The number of oxime groups is 1. The molecule has 4 N–H and O–H groups in total. The molecule has 0 rings (SSSR count). The standard InChI is InChI=1S/C10H21N3O3/c1-7(5-6-16-4)12-9(14)10(2,3)8(11)13-15/h7,15H,5-6H2,1-4H3,(H2,11,13)(H,12,14). The lowest BCUT2D eigenvalue weighted by Gasteiger charge is -2.24. The molecule has 0 aliphatic heterocycles. The zero-order chi connectivity index (χ0) is 12.8. The summed E-state index contributed by atoms with van der Waals surface area (Å²) >= 11 is 0. The van der Waals surface area contributed by atoms with E-state index in [9.17, 15) is 4.79 Å². The Kier molecular flexibility index (Phi) is 5.81. The highest BCUT2D eigenvalue weighted by molar-refractivity contribution is 6.05. The third-order valence-corrected chi connectivity index (χ3v) is 2.45. The van der Waals surface area contributed by atoms with Crippen LogP contribution >= 0.6 is 0 Å². The Bertz CT molecular complexity index is 264. The molecule has 0 bridgehead atoms. The summed E-state index contributed by atoms with van der Waals surface area (Å²) in [6.45, 7) is 5.64. The molecule has 94 valence electrons. The van der Waals surface area contributed by atoms with Gasteiger partial charge in [0.1, 0.15) is 5.41 Å². The molecular weight excluding hydrogens is 210 g/mol. The molecule has 1 atom stereocenters. The number of methoxy groups -OCH3 is 1. The molecule has 0 spiro atoms. The van der Waals surface area contributed by atoms with E-state index in [1.165, 1.54) is 0 Å². The first-order chi connectivity index (χ1) is 7.36. The van der Waals surface area contributed by atoms with Crippen molar-refractivity contribution in [2.24, 2.45) is 16.3 Å². The average Bonchev–Trinajstić information content (AvgIpc) is 2.24. The van der Waals surface area contributed by atoms with Crippen molar-refractivity contribution >= 4 is 11.7 Å². The van der Waals surface area contributed by atoms with Crippen molar-refractivity contribution in [1.29, 1.82) is 0 Å². The number of carbonyl (C=O) groups is 1. The Labute approximate surface area is 95.8 Å². The van der Waals surface area contributed by atoms with Crippen LogP contribution in [0.2, 0.25) is 0 Å². The Morgan fingerprint density at radius 2 is 2.19 bits per heavy atom. The molecule has 0 aliphatic rings. The number of hydrogen-bond donors (Lipinski definition) is 3. The maximum atomic E-state index is 11.8. The van der Waals surface area contributed by atoms with Crippen LogP contribution in [0.4, 0.5) is 0 Å². The number of ether oxygens (including phenoxy) is 1. The van der Waals surface area contributed by atoms with Gasteiger partial charge in [0.2, 0.25) is 5.91 Å². The molecule has 0 saturated heterocycles. The van der Waals surface area contributed by atoms with Gasteiger partial charge in [-0.05, 0) is 27.2 Å². The van der Waals surface area contributed by atoms with Crippen molar-refractivity contribution in [3.8, 4) is 0 Å². The summed E-state index contributed by atoms with van der Waals surface area (Å²) in [6.07, 6.45) is 0.717. The van der Waals surface area contributed by atoms with Crippen molar-refractivity contribution in [1.82, 2.24) is 5.32 Å². The lowest BCUT2D eigenvalue weighted by Crippen LogP contribution is -2.48. The first-order valence-electron chi connectivity index (χ1n) is 5.14. The first-order valence-corrected chi connectivity index (χ1v) is 5.14. The fraction of sp³-hybridized carbons (Fsp3) is 0.800. The predicted octanol–water partition coefficient (Wildman–Crippen LogP) is 0.300. The molecule has 0 aliphatic carbocycles. The number of carbonyl (C=O) groups excluding carboxylic acids is 1. The van der Waals surface area contributed by atoms with E-state index in [-0.39, 0.29) is 17.8 Å². The lowest BCUT2D eigenvalue weighted by atomic mass is 9.90. The summed E-state index contributed by atoms with van der Waals surface area (Å²) < 4.78 is 4.91. The first kappa shape index (κ1) is 14.7. The van der Waals surface area contributed by atoms with Gasteiger partial charge in [-0.2, -0.15) is 0 Å².